The van der Waals surface area contributed by atoms with Gasteiger partial charge in [-0.05, 0) is 31.4 Å². The van der Waals surface area contributed by atoms with Crippen LogP contribution >= 0.6 is 0 Å². The van der Waals surface area contributed by atoms with Crippen molar-refractivity contribution in [1.82, 2.24) is 14.7 Å². The molecule has 1 aromatic heterocycles. The lowest BCUT2D eigenvalue weighted by Gasteiger charge is -2.37. The standard InChI is InChI=1S/C18H22N4O3/c1-2-18(25)8-10-21(11-9-18)17(24)14-12-15(16(19)23)22(20-14)13-6-4-3-5-7-13/h3-7,12,25H,2,8-11H2,1H3,(H2,19,23). The molecule has 0 unspecified atom stereocenters. The SMILES string of the molecule is CCC1(O)CCN(C(=O)c2cc(C(N)=O)n(-c3ccccc3)n2)CC1. The van der Waals surface area contributed by atoms with Gasteiger partial charge >= 0.3 is 0 Å². The van der Waals surface area contributed by atoms with E-state index in [-0.39, 0.29) is 17.3 Å². The summed E-state index contributed by atoms with van der Waals surface area (Å²) in [4.78, 5) is 26.1. The first-order valence-electron chi connectivity index (χ1n) is 8.40. The van der Waals surface area contributed by atoms with Gasteiger partial charge in [-0.2, -0.15) is 5.10 Å². The molecule has 1 fully saturated rings. The molecule has 7 nitrogen and oxygen atoms in total. The van der Waals surface area contributed by atoms with Gasteiger partial charge in [0.2, 0.25) is 0 Å². The molecule has 2 amide bonds. The number of nitrogens with two attached hydrogens (primary N) is 1. The summed E-state index contributed by atoms with van der Waals surface area (Å²) in [5.41, 5.74) is 5.75. The van der Waals surface area contributed by atoms with Crippen molar-refractivity contribution in [2.75, 3.05) is 13.1 Å². The largest absolute Gasteiger partial charge is 0.390 e. The molecule has 25 heavy (non-hydrogen) atoms. The normalized spacial score (nSPS) is 16.6. The Labute approximate surface area is 146 Å². The maximum Gasteiger partial charge on any atom is 0.274 e. The van der Waals surface area contributed by atoms with E-state index in [2.05, 4.69) is 5.10 Å². The van der Waals surface area contributed by atoms with E-state index in [1.807, 2.05) is 25.1 Å². The van der Waals surface area contributed by atoms with Crippen molar-refractivity contribution < 1.29 is 14.7 Å². The van der Waals surface area contributed by atoms with Crippen molar-refractivity contribution in [2.24, 2.45) is 5.73 Å². The fourth-order valence-corrected chi connectivity index (χ4v) is 3.07. The Hall–Kier alpha value is -2.67. The van der Waals surface area contributed by atoms with Crippen LogP contribution in [-0.2, 0) is 0 Å². The van der Waals surface area contributed by atoms with Crippen molar-refractivity contribution in [3.63, 3.8) is 0 Å². The summed E-state index contributed by atoms with van der Waals surface area (Å²) in [5.74, 6) is -0.898. The summed E-state index contributed by atoms with van der Waals surface area (Å²) in [6.45, 7) is 2.87. The molecule has 1 aromatic carbocycles. The quantitative estimate of drug-likeness (QED) is 0.875. The van der Waals surface area contributed by atoms with Crippen LogP contribution < -0.4 is 5.73 Å². The van der Waals surface area contributed by atoms with Gasteiger partial charge < -0.3 is 15.7 Å². The molecule has 0 spiro atoms. The zero-order valence-corrected chi connectivity index (χ0v) is 14.2. The molecule has 0 aliphatic carbocycles. The third-order valence-corrected chi connectivity index (χ3v) is 4.82. The van der Waals surface area contributed by atoms with Gasteiger partial charge in [0.15, 0.2) is 5.69 Å². The monoisotopic (exact) mass is 342 g/mol. The third kappa shape index (κ3) is 3.41. The number of primary amides is 1. The van der Waals surface area contributed by atoms with Crippen molar-refractivity contribution in [1.29, 1.82) is 0 Å². The van der Waals surface area contributed by atoms with Crippen LogP contribution in [-0.4, -0.2) is 50.3 Å². The van der Waals surface area contributed by atoms with E-state index in [1.54, 1.807) is 17.0 Å². The fourth-order valence-electron chi connectivity index (χ4n) is 3.07. The molecule has 2 heterocycles. The van der Waals surface area contributed by atoms with Crippen LogP contribution in [0, 0.1) is 0 Å². The van der Waals surface area contributed by atoms with E-state index in [0.717, 1.165) is 0 Å². The zero-order chi connectivity index (χ0) is 18.0. The molecule has 7 heteroatoms. The Bertz CT molecular complexity index is 777. The lowest BCUT2D eigenvalue weighted by Crippen LogP contribution is -2.46. The molecule has 132 valence electrons. The highest BCUT2D eigenvalue weighted by Crippen LogP contribution is 2.26. The van der Waals surface area contributed by atoms with Crippen molar-refractivity contribution in [3.8, 4) is 5.69 Å². The minimum atomic E-state index is -0.696. The molecule has 0 saturated carbocycles. The van der Waals surface area contributed by atoms with E-state index >= 15 is 0 Å². The minimum absolute atomic E-state index is 0.164. The number of likely N-dealkylation sites (tertiary alicyclic amines) is 1. The number of rotatable bonds is 4. The van der Waals surface area contributed by atoms with Crippen LogP contribution in [0.4, 0.5) is 0 Å². The molecule has 1 saturated heterocycles. The second-order valence-corrected chi connectivity index (χ2v) is 6.40. The van der Waals surface area contributed by atoms with Gasteiger partial charge in [-0.15, -0.1) is 0 Å². The van der Waals surface area contributed by atoms with Gasteiger partial charge in [-0.25, -0.2) is 4.68 Å². The Balaban J connectivity index is 1.86. The molecule has 0 atom stereocenters. The van der Waals surface area contributed by atoms with Gasteiger partial charge in [-0.1, -0.05) is 25.1 Å². The van der Waals surface area contributed by atoms with Crippen LogP contribution in [0.25, 0.3) is 5.69 Å². The highest BCUT2D eigenvalue weighted by atomic mass is 16.3. The highest BCUT2D eigenvalue weighted by molar-refractivity contribution is 5.97. The predicted molar refractivity (Wildman–Crippen MR) is 92.5 cm³/mol. The van der Waals surface area contributed by atoms with Crippen molar-refractivity contribution in [3.05, 3.63) is 47.8 Å². The second-order valence-electron chi connectivity index (χ2n) is 6.40. The molecule has 3 rings (SSSR count). The molecule has 1 aliphatic heterocycles. The number of amides is 2. The Morgan fingerprint density at radius 2 is 1.88 bits per heavy atom. The molecule has 1 aliphatic rings. The highest BCUT2D eigenvalue weighted by Gasteiger charge is 2.33. The van der Waals surface area contributed by atoms with E-state index < -0.39 is 11.5 Å². The average Bonchev–Trinajstić information content (AvgIpc) is 3.08. The molecular formula is C18H22N4O3. The fraction of sp³-hybridized carbons (Fsp3) is 0.389. The van der Waals surface area contributed by atoms with E-state index in [4.69, 9.17) is 5.73 Å². The maximum atomic E-state index is 12.7. The zero-order valence-electron chi connectivity index (χ0n) is 14.2. The first kappa shape index (κ1) is 17.2. The van der Waals surface area contributed by atoms with Crippen LogP contribution in [0.1, 0.15) is 47.2 Å². The van der Waals surface area contributed by atoms with E-state index in [9.17, 15) is 14.7 Å². The topological polar surface area (TPSA) is 101 Å². The van der Waals surface area contributed by atoms with Crippen molar-refractivity contribution >= 4 is 11.8 Å². The summed E-state index contributed by atoms with van der Waals surface area (Å²) in [7, 11) is 0. The third-order valence-electron chi connectivity index (χ3n) is 4.82. The average molecular weight is 342 g/mol. The summed E-state index contributed by atoms with van der Waals surface area (Å²) >= 11 is 0. The van der Waals surface area contributed by atoms with Gasteiger partial charge in [0.25, 0.3) is 11.8 Å². The lowest BCUT2D eigenvalue weighted by atomic mass is 9.89. The number of carbonyl (C=O) groups is 2. The molecule has 0 bridgehead atoms. The van der Waals surface area contributed by atoms with Crippen LogP contribution in [0.5, 0.6) is 0 Å². The number of nitrogens with zero attached hydrogens (tertiary/aromatic N) is 3. The van der Waals surface area contributed by atoms with Crippen molar-refractivity contribution in [2.45, 2.75) is 31.8 Å². The smallest absolute Gasteiger partial charge is 0.274 e. The molecule has 3 N–H and O–H groups in total. The molecule has 2 aromatic rings. The van der Waals surface area contributed by atoms with Crippen LogP contribution in [0.2, 0.25) is 0 Å². The van der Waals surface area contributed by atoms with Gasteiger partial charge in [-0.3, -0.25) is 9.59 Å². The number of piperidine rings is 1. The molecule has 0 radical (unpaired) electrons. The summed E-state index contributed by atoms with van der Waals surface area (Å²) in [5, 5.41) is 14.6. The minimum Gasteiger partial charge on any atom is -0.390 e. The Kier molecular flexibility index (Phi) is 4.59. The van der Waals surface area contributed by atoms with Crippen LogP contribution in [0.3, 0.4) is 0 Å². The molecular weight excluding hydrogens is 320 g/mol. The Morgan fingerprint density at radius 3 is 2.44 bits per heavy atom. The lowest BCUT2D eigenvalue weighted by molar-refractivity contribution is -0.0194. The number of aromatic nitrogens is 2. The van der Waals surface area contributed by atoms with Gasteiger partial charge in [0.05, 0.1) is 11.3 Å². The van der Waals surface area contributed by atoms with E-state index in [0.29, 0.717) is 38.0 Å². The second kappa shape index (κ2) is 6.68. The number of para-hydroxylation sites is 1. The number of aliphatic hydroxyl groups is 1. The van der Waals surface area contributed by atoms with Gasteiger partial charge in [0, 0.05) is 19.2 Å². The van der Waals surface area contributed by atoms with Crippen LogP contribution in [0.15, 0.2) is 36.4 Å². The summed E-state index contributed by atoms with van der Waals surface area (Å²) in [6.07, 6.45) is 1.75. The predicted octanol–water partition coefficient (Wildman–Crippen LogP) is 1.35. The first-order chi connectivity index (χ1) is 11.9. The van der Waals surface area contributed by atoms with Gasteiger partial charge in [0.1, 0.15) is 5.69 Å². The summed E-state index contributed by atoms with van der Waals surface area (Å²) in [6, 6.07) is 10.5. The van der Waals surface area contributed by atoms with E-state index in [1.165, 1.54) is 10.7 Å². The first-order valence-corrected chi connectivity index (χ1v) is 8.40. The number of benzene rings is 1. The summed E-state index contributed by atoms with van der Waals surface area (Å²) < 4.78 is 1.39. The number of hydrogen-bond donors (Lipinski definition) is 2. The number of hydrogen-bond acceptors (Lipinski definition) is 4. The Morgan fingerprint density at radius 1 is 1.24 bits per heavy atom. The number of carbonyl (C=O) groups excluding carboxylic acids is 2. The maximum absolute atomic E-state index is 12.7.